The van der Waals surface area contributed by atoms with Crippen LogP contribution in [-0.2, 0) is 13.2 Å². The second-order valence-corrected chi connectivity index (χ2v) is 4.85. The fraction of sp³-hybridized carbons (Fsp3) is 0.214. The minimum absolute atomic E-state index is 0.534. The van der Waals surface area contributed by atoms with Crippen LogP contribution in [0.15, 0.2) is 47.2 Å². The summed E-state index contributed by atoms with van der Waals surface area (Å²) >= 11 is 3.47. The van der Waals surface area contributed by atoms with Crippen LogP contribution in [0.1, 0.15) is 11.1 Å². The number of rotatable bonds is 5. The van der Waals surface area contributed by atoms with Gasteiger partial charge in [0.25, 0.3) is 0 Å². The fourth-order valence-corrected chi connectivity index (χ4v) is 2.07. The summed E-state index contributed by atoms with van der Waals surface area (Å²) in [6, 6.07) is 9.94. The zero-order valence-electron chi connectivity index (χ0n) is 10.2. The molecule has 0 spiro atoms. The van der Waals surface area contributed by atoms with Gasteiger partial charge in [0, 0.05) is 34.5 Å². The van der Waals surface area contributed by atoms with Crippen LogP contribution in [0.3, 0.4) is 0 Å². The van der Waals surface area contributed by atoms with E-state index in [1.54, 1.807) is 6.20 Å². The number of ether oxygens (including phenoxy) is 1. The van der Waals surface area contributed by atoms with Crippen molar-refractivity contribution in [3.8, 4) is 5.75 Å². The monoisotopic (exact) mass is 306 g/mol. The van der Waals surface area contributed by atoms with Crippen molar-refractivity contribution in [3.05, 3.63) is 58.3 Å². The van der Waals surface area contributed by atoms with E-state index in [0.717, 1.165) is 27.9 Å². The van der Waals surface area contributed by atoms with Crippen LogP contribution >= 0.6 is 15.9 Å². The summed E-state index contributed by atoms with van der Waals surface area (Å²) in [5, 5.41) is 3.14. The maximum atomic E-state index is 5.83. The van der Waals surface area contributed by atoms with E-state index in [4.69, 9.17) is 4.74 Å². The Morgan fingerprint density at radius 2 is 2.22 bits per heavy atom. The molecular weight excluding hydrogens is 292 g/mol. The van der Waals surface area contributed by atoms with E-state index >= 15 is 0 Å². The molecule has 0 saturated carbocycles. The molecule has 2 rings (SSSR count). The van der Waals surface area contributed by atoms with Gasteiger partial charge in [0.2, 0.25) is 0 Å². The first kappa shape index (κ1) is 13.1. The third-order valence-electron chi connectivity index (χ3n) is 2.51. The van der Waals surface area contributed by atoms with Gasteiger partial charge in [-0.3, -0.25) is 4.98 Å². The van der Waals surface area contributed by atoms with Crippen LogP contribution < -0.4 is 10.1 Å². The summed E-state index contributed by atoms with van der Waals surface area (Å²) in [7, 11) is 1.92. The van der Waals surface area contributed by atoms with E-state index in [1.807, 2.05) is 37.5 Å². The van der Waals surface area contributed by atoms with Crippen LogP contribution in [0.2, 0.25) is 0 Å². The van der Waals surface area contributed by atoms with Crippen molar-refractivity contribution in [1.29, 1.82) is 0 Å². The van der Waals surface area contributed by atoms with Gasteiger partial charge in [0.15, 0.2) is 0 Å². The first-order valence-electron chi connectivity index (χ1n) is 5.74. The highest BCUT2D eigenvalue weighted by molar-refractivity contribution is 9.10. The highest BCUT2D eigenvalue weighted by Crippen LogP contribution is 2.23. The largest absolute Gasteiger partial charge is 0.489 e. The number of hydrogen-bond acceptors (Lipinski definition) is 3. The molecule has 1 aromatic carbocycles. The lowest BCUT2D eigenvalue weighted by Gasteiger charge is -2.11. The Labute approximate surface area is 115 Å². The van der Waals surface area contributed by atoms with Gasteiger partial charge in [-0.25, -0.2) is 0 Å². The summed E-state index contributed by atoms with van der Waals surface area (Å²) in [4.78, 5) is 4.07. The van der Waals surface area contributed by atoms with Crippen LogP contribution in [0, 0.1) is 0 Å². The van der Waals surface area contributed by atoms with Gasteiger partial charge in [0.1, 0.15) is 12.4 Å². The van der Waals surface area contributed by atoms with Gasteiger partial charge in [-0.05, 0) is 31.3 Å². The van der Waals surface area contributed by atoms with Crippen molar-refractivity contribution in [3.63, 3.8) is 0 Å². The van der Waals surface area contributed by atoms with E-state index in [9.17, 15) is 0 Å². The highest BCUT2D eigenvalue weighted by atomic mass is 79.9. The Hall–Kier alpha value is -1.39. The second kappa shape index (κ2) is 6.52. The lowest BCUT2D eigenvalue weighted by Crippen LogP contribution is -2.07. The second-order valence-electron chi connectivity index (χ2n) is 3.93. The molecule has 94 valence electrons. The Bertz CT molecular complexity index is 502. The lowest BCUT2D eigenvalue weighted by molar-refractivity contribution is 0.302. The third-order valence-corrected chi connectivity index (χ3v) is 3.00. The number of aromatic nitrogens is 1. The predicted molar refractivity (Wildman–Crippen MR) is 75.5 cm³/mol. The topological polar surface area (TPSA) is 34.1 Å². The van der Waals surface area contributed by atoms with Crippen molar-refractivity contribution < 1.29 is 4.74 Å². The fourth-order valence-electron chi connectivity index (χ4n) is 1.66. The van der Waals surface area contributed by atoms with Gasteiger partial charge < -0.3 is 10.1 Å². The summed E-state index contributed by atoms with van der Waals surface area (Å²) in [6.45, 7) is 1.31. The molecular formula is C14H15BrN2O. The van der Waals surface area contributed by atoms with Crippen molar-refractivity contribution in [2.45, 2.75) is 13.2 Å². The van der Waals surface area contributed by atoms with Crippen molar-refractivity contribution in [2.24, 2.45) is 0 Å². The van der Waals surface area contributed by atoms with Gasteiger partial charge in [0.05, 0.1) is 0 Å². The molecule has 0 saturated heterocycles. The van der Waals surface area contributed by atoms with Crippen molar-refractivity contribution >= 4 is 15.9 Å². The highest BCUT2D eigenvalue weighted by Gasteiger charge is 2.04. The summed E-state index contributed by atoms with van der Waals surface area (Å²) in [5.74, 6) is 0.899. The molecule has 18 heavy (non-hydrogen) atoms. The Morgan fingerprint density at radius 1 is 1.33 bits per heavy atom. The van der Waals surface area contributed by atoms with Gasteiger partial charge in [-0.15, -0.1) is 0 Å². The Balaban J connectivity index is 2.09. The summed E-state index contributed by atoms with van der Waals surface area (Å²) < 4.78 is 6.89. The Kier molecular flexibility index (Phi) is 4.73. The molecule has 0 aliphatic heterocycles. The molecule has 0 unspecified atom stereocenters. The minimum atomic E-state index is 0.534. The first-order valence-corrected chi connectivity index (χ1v) is 6.53. The van der Waals surface area contributed by atoms with Gasteiger partial charge in [-0.1, -0.05) is 22.0 Å². The SMILES string of the molecule is CNCc1cc(Br)ccc1OCc1cccnc1. The molecule has 1 N–H and O–H groups in total. The molecule has 3 nitrogen and oxygen atoms in total. The quantitative estimate of drug-likeness (QED) is 0.921. The molecule has 1 aromatic heterocycles. The standard InChI is InChI=1S/C14H15BrN2O/c1-16-9-12-7-13(15)4-5-14(12)18-10-11-3-2-6-17-8-11/h2-8,16H,9-10H2,1H3. The lowest BCUT2D eigenvalue weighted by atomic mass is 10.2. The Morgan fingerprint density at radius 3 is 2.94 bits per heavy atom. The maximum Gasteiger partial charge on any atom is 0.124 e. The van der Waals surface area contributed by atoms with E-state index in [1.165, 1.54) is 0 Å². The van der Waals surface area contributed by atoms with Crippen LogP contribution in [-0.4, -0.2) is 12.0 Å². The molecule has 0 bridgehead atoms. The molecule has 0 aliphatic carbocycles. The molecule has 4 heteroatoms. The van der Waals surface area contributed by atoms with E-state index < -0.39 is 0 Å². The van der Waals surface area contributed by atoms with Crippen LogP contribution in [0.5, 0.6) is 5.75 Å². The number of benzene rings is 1. The molecule has 0 aliphatic rings. The third kappa shape index (κ3) is 3.55. The zero-order chi connectivity index (χ0) is 12.8. The number of pyridine rings is 1. The van der Waals surface area contributed by atoms with E-state index in [0.29, 0.717) is 6.61 Å². The predicted octanol–water partition coefficient (Wildman–Crippen LogP) is 3.14. The number of nitrogens with one attached hydrogen (secondary N) is 1. The summed E-state index contributed by atoms with van der Waals surface area (Å²) in [6.07, 6.45) is 3.58. The molecule has 0 amide bonds. The van der Waals surface area contributed by atoms with Gasteiger partial charge in [-0.2, -0.15) is 0 Å². The minimum Gasteiger partial charge on any atom is -0.489 e. The number of nitrogens with zero attached hydrogens (tertiary/aromatic N) is 1. The van der Waals surface area contributed by atoms with Crippen LogP contribution in [0.25, 0.3) is 0 Å². The summed E-state index contributed by atoms with van der Waals surface area (Å²) in [5.41, 5.74) is 2.20. The normalized spacial score (nSPS) is 10.3. The molecule has 0 radical (unpaired) electrons. The number of halogens is 1. The van der Waals surface area contributed by atoms with Crippen molar-refractivity contribution in [1.82, 2.24) is 10.3 Å². The molecule has 0 atom stereocenters. The molecule has 1 heterocycles. The van der Waals surface area contributed by atoms with Crippen LogP contribution in [0.4, 0.5) is 0 Å². The number of hydrogen-bond donors (Lipinski definition) is 1. The smallest absolute Gasteiger partial charge is 0.124 e. The van der Waals surface area contributed by atoms with E-state index in [-0.39, 0.29) is 0 Å². The molecule has 2 aromatic rings. The maximum absolute atomic E-state index is 5.83. The zero-order valence-corrected chi connectivity index (χ0v) is 11.8. The average molecular weight is 307 g/mol. The molecule has 0 fully saturated rings. The first-order chi connectivity index (χ1) is 8.79. The van der Waals surface area contributed by atoms with E-state index in [2.05, 4.69) is 32.3 Å². The average Bonchev–Trinajstić information content (AvgIpc) is 2.39. The van der Waals surface area contributed by atoms with Crippen molar-refractivity contribution in [2.75, 3.05) is 7.05 Å². The van der Waals surface area contributed by atoms with Gasteiger partial charge >= 0.3 is 0 Å².